The highest BCUT2D eigenvalue weighted by Crippen LogP contribution is 2.34. The third-order valence-corrected chi connectivity index (χ3v) is 6.80. The van der Waals surface area contributed by atoms with Gasteiger partial charge in [0.25, 0.3) is 0 Å². The summed E-state index contributed by atoms with van der Waals surface area (Å²) in [4.78, 5) is 13.1. The van der Waals surface area contributed by atoms with Crippen LogP contribution in [0.3, 0.4) is 0 Å². The third kappa shape index (κ3) is 4.32. The number of carbonyl (C=O) groups is 1. The Kier molecular flexibility index (Phi) is 6.11. The van der Waals surface area contributed by atoms with Crippen LogP contribution in [0.25, 0.3) is 0 Å². The Hall–Kier alpha value is -1.19. The summed E-state index contributed by atoms with van der Waals surface area (Å²) in [6.45, 7) is 1.24. The number of halogens is 1. The summed E-state index contributed by atoms with van der Waals surface area (Å²) in [5.74, 6) is -1.27. The number of aromatic carboxylic acids is 1. The number of rotatable bonds is 6. The van der Waals surface area contributed by atoms with Gasteiger partial charge in [0.1, 0.15) is 0 Å². The summed E-state index contributed by atoms with van der Waals surface area (Å²) in [5, 5.41) is 18.9. The van der Waals surface area contributed by atoms with Crippen molar-refractivity contribution in [2.75, 3.05) is 40.3 Å². The second-order valence-corrected chi connectivity index (χ2v) is 9.09. The molecule has 0 amide bonds. The summed E-state index contributed by atoms with van der Waals surface area (Å²) in [5.41, 5.74) is -0.557. The molecule has 25 heavy (non-hydrogen) atoms. The molecule has 0 aromatic heterocycles. The second-order valence-electron chi connectivity index (χ2n) is 6.75. The molecule has 140 valence electrons. The maximum Gasteiger partial charge on any atom is 0.337 e. The zero-order valence-corrected chi connectivity index (χ0v) is 15.8. The van der Waals surface area contributed by atoms with Crippen LogP contribution in [0.15, 0.2) is 23.1 Å². The van der Waals surface area contributed by atoms with E-state index in [0.29, 0.717) is 19.4 Å². The van der Waals surface area contributed by atoms with Crippen molar-refractivity contribution in [3.8, 4) is 0 Å². The Morgan fingerprint density at radius 2 is 1.92 bits per heavy atom. The summed E-state index contributed by atoms with van der Waals surface area (Å²) < 4.78 is 27.0. The van der Waals surface area contributed by atoms with E-state index in [9.17, 15) is 18.3 Å². The van der Waals surface area contributed by atoms with Gasteiger partial charge in [-0.15, -0.1) is 0 Å². The number of sulfonamides is 1. The van der Waals surface area contributed by atoms with E-state index in [2.05, 4.69) is 0 Å². The molecule has 9 heteroatoms. The minimum Gasteiger partial charge on any atom is -0.478 e. The summed E-state index contributed by atoms with van der Waals surface area (Å²) >= 11 is 5.81. The van der Waals surface area contributed by atoms with Crippen LogP contribution in [0.2, 0.25) is 5.02 Å². The highest BCUT2D eigenvalue weighted by Gasteiger charge is 2.38. The molecule has 1 heterocycles. The molecule has 1 aromatic rings. The molecule has 0 bridgehead atoms. The van der Waals surface area contributed by atoms with Crippen molar-refractivity contribution in [2.45, 2.75) is 17.7 Å². The average molecular weight is 391 g/mol. The van der Waals surface area contributed by atoms with Crippen LogP contribution in [0.4, 0.5) is 0 Å². The Morgan fingerprint density at radius 3 is 2.40 bits per heavy atom. The van der Waals surface area contributed by atoms with Gasteiger partial charge >= 0.3 is 5.97 Å². The highest BCUT2D eigenvalue weighted by molar-refractivity contribution is 7.89. The van der Waals surface area contributed by atoms with E-state index >= 15 is 0 Å². The lowest BCUT2D eigenvalue weighted by atomic mass is 9.79. The Labute approximate surface area is 152 Å². The number of carboxylic acids is 1. The molecule has 1 aromatic carbocycles. The SMILES string of the molecule is CN(C)CC1(CO)CCN(S(=O)(=O)c2ccc(Cl)c(C(=O)O)c2)CC1. The van der Waals surface area contributed by atoms with Crippen LogP contribution in [0.5, 0.6) is 0 Å². The Morgan fingerprint density at radius 1 is 1.32 bits per heavy atom. The van der Waals surface area contributed by atoms with Crippen LogP contribution in [0.1, 0.15) is 23.2 Å². The number of hydrogen-bond acceptors (Lipinski definition) is 5. The summed E-state index contributed by atoms with van der Waals surface area (Å²) in [7, 11) is 0.0311. The van der Waals surface area contributed by atoms with E-state index in [0.717, 1.165) is 6.07 Å². The fourth-order valence-corrected chi connectivity index (χ4v) is 4.88. The summed E-state index contributed by atoms with van der Waals surface area (Å²) in [6, 6.07) is 3.69. The lowest BCUT2D eigenvalue weighted by Crippen LogP contribution is -2.48. The fourth-order valence-electron chi connectivity index (χ4n) is 3.22. The van der Waals surface area contributed by atoms with E-state index in [4.69, 9.17) is 16.7 Å². The van der Waals surface area contributed by atoms with Gasteiger partial charge in [0.05, 0.1) is 22.1 Å². The topological polar surface area (TPSA) is 98.2 Å². The Balaban J connectivity index is 2.22. The van der Waals surface area contributed by atoms with Crippen LogP contribution in [-0.2, 0) is 10.0 Å². The van der Waals surface area contributed by atoms with E-state index < -0.39 is 16.0 Å². The first kappa shape index (κ1) is 20.1. The zero-order chi connectivity index (χ0) is 18.8. The van der Waals surface area contributed by atoms with E-state index in [1.165, 1.54) is 16.4 Å². The van der Waals surface area contributed by atoms with Gasteiger partial charge in [-0.2, -0.15) is 4.31 Å². The first-order valence-electron chi connectivity index (χ1n) is 7.90. The van der Waals surface area contributed by atoms with Gasteiger partial charge in [0, 0.05) is 25.0 Å². The minimum atomic E-state index is -3.81. The van der Waals surface area contributed by atoms with Crippen LogP contribution < -0.4 is 0 Å². The first-order valence-corrected chi connectivity index (χ1v) is 9.72. The van der Waals surface area contributed by atoms with Crippen molar-refractivity contribution in [3.63, 3.8) is 0 Å². The van der Waals surface area contributed by atoms with Crippen molar-refractivity contribution in [2.24, 2.45) is 5.41 Å². The standard InChI is InChI=1S/C16H23ClN2O5S/c1-18(2)10-16(11-20)5-7-19(8-6-16)25(23,24)12-3-4-14(17)13(9-12)15(21)22/h3-4,9,20H,5-8,10-11H2,1-2H3,(H,21,22). The molecule has 0 aliphatic carbocycles. The number of carboxylic acid groups (broad SMARTS) is 1. The molecule has 0 spiro atoms. The number of aliphatic hydroxyl groups is 1. The molecule has 1 fully saturated rings. The Bertz CT molecular complexity index is 743. The quantitative estimate of drug-likeness (QED) is 0.761. The molecule has 1 saturated heterocycles. The maximum atomic E-state index is 12.8. The summed E-state index contributed by atoms with van der Waals surface area (Å²) in [6.07, 6.45) is 1.08. The molecule has 2 rings (SSSR count). The number of aliphatic hydroxyl groups excluding tert-OH is 1. The molecular weight excluding hydrogens is 368 g/mol. The van der Waals surface area contributed by atoms with Crippen LogP contribution in [-0.4, -0.2) is 74.1 Å². The predicted molar refractivity (Wildman–Crippen MR) is 94.5 cm³/mol. The van der Waals surface area contributed by atoms with Crippen LogP contribution >= 0.6 is 11.6 Å². The van der Waals surface area contributed by atoms with Crippen molar-refractivity contribution in [1.82, 2.24) is 9.21 Å². The number of hydrogen-bond donors (Lipinski definition) is 2. The van der Waals surface area contributed by atoms with Gasteiger partial charge in [-0.25, -0.2) is 13.2 Å². The van der Waals surface area contributed by atoms with E-state index in [1.807, 2.05) is 19.0 Å². The normalized spacial score (nSPS) is 18.4. The second kappa shape index (κ2) is 7.59. The minimum absolute atomic E-state index is 0.00315. The first-order chi connectivity index (χ1) is 11.6. The van der Waals surface area contributed by atoms with E-state index in [1.54, 1.807) is 0 Å². The molecule has 7 nitrogen and oxygen atoms in total. The predicted octanol–water partition coefficient (Wildman–Crippen LogP) is 1.36. The molecule has 0 saturated carbocycles. The number of benzene rings is 1. The lowest BCUT2D eigenvalue weighted by molar-refractivity contribution is 0.0442. The monoisotopic (exact) mass is 390 g/mol. The van der Waals surface area contributed by atoms with Gasteiger partial charge in [-0.3, -0.25) is 0 Å². The lowest BCUT2D eigenvalue weighted by Gasteiger charge is -2.41. The van der Waals surface area contributed by atoms with Gasteiger partial charge in [0.15, 0.2) is 0 Å². The number of nitrogens with zero attached hydrogens (tertiary/aromatic N) is 2. The van der Waals surface area contributed by atoms with Gasteiger partial charge < -0.3 is 15.1 Å². The van der Waals surface area contributed by atoms with E-state index in [-0.39, 0.29) is 40.6 Å². The molecular formula is C16H23ClN2O5S. The van der Waals surface area contributed by atoms with Gasteiger partial charge in [-0.1, -0.05) is 11.6 Å². The van der Waals surface area contributed by atoms with Crippen molar-refractivity contribution < 1.29 is 23.4 Å². The van der Waals surface area contributed by atoms with Crippen molar-refractivity contribution in [3.05, 3.63) is 28.8 Å². The molecule has 1 aliphatic heterocycles. The van der Waals surface area contributed by atoms with Gasteiger partial charge in [-0.05, 0) is 45.1 Å². The molecule has 0 unspecified atom stereocenters. The largest absolute Gasteiger partial charge is 0.478 e. The van der Waals surface area contributed by atoms with Crippen molar-refractivity contribution in [1.29, 1.82) is 0 Å². The molecule has 0 atom stereocenters. The van der Waals surface area contributed by atoms with Crippen LogP contribution in [0, 0.1) is 5.41 Å². The fraction of sp³-hybridized carbons (Fsp3) is 0.562. The molecule has 2 N–H and O–H groups in total. The van der Waals surface area contributed by atoms with Crippen molar-refractivity contribution >= 4 is 27.6 Å². The maximum absolute atomic E-state index is 12.8. The average Bonchev–Trinajstić information content (AvgIpc) is 2.54. The van der Waals surface area contributed by atoms with Gasteiger partial charge in [0.2, 0.25) is 10.0 Å². The smallest absolute Gasteiger partial charge is 0.337 e. The zero-order valence-electron chi connectivity index (χ0n) is 14.3. The number of piperidine rings is 1. The highest BCUT2D eigenvalue weighted by atomic mass is 35.5. The molecule has 1 aliphatic rings. The molecule has 0 radical (unpaired) electrons. The third-order valence-electron chi connectivity index (χ3n) is 4.58.